The highest BCUT2D eigenvalue weighted by atomic mass is 16.3. The lowest BCUT2D eigenvalue weighted by atomic mass is 10.1. The van der Waals surface area contributed by atoms with E-state index >= 15 is 0 Å². The van der Waals surface area contributed by atoms with Crippen LogP contribution in [0.25, 0.3) is 0 Å². The molecule has 1 N–H and O–H groups in total. The molecule has 0 saturated carbocycles. The summed E-state index contributed by atoms with van der Waals surface area (Å²) in [6.45, 7) is 10.3. The van der Waals surface area contributed by atoms with Gasteiger partial charge < -0.3 is 5.11 Å². The number of rotatable bonds is 9. The molecule has 0 aliphatic carbocycles. The number of aliphatic hydroxyl groups is 1. The Morgan fingerprint density at radius 3 is 2.57 bits per heavy atom. The second-order valence-corrected chi connectivity index (χ2v) is 6.51. The van der Waals surface area contributed by atoms with Gasteiger partial charge in [0.1, 0.15) is 0 Å². The molecule has 126 valence electrons. The number of benzene rings is 1. The molecule has 0 amide bonds. The number of aromatic nitrogens is 2. The van der Waals surface area contributed by atoms with Gasteiger partial charge in [-0.05, 0) is 37.8 Å². The van der Waals surface area contributed by atoms with Crippen LogP contribution in [0.3, 0.4) is 0 Å². The molecule has 4 nitrogen and oxygen atoms in total. The molecule has 0 spiro atoms. The van der Waals surface area contributed by atoms with E-state index < -0.39 is 0 Å². The van der Waals surface area contributed by atoms with Gasteiger partial charge in [-0.25, -0.2) is 0 Å². The topological polar surface area (TPSA) is 41.3 Å². The first-order valence-electron chi connectivity index (χ1n) is 8.46. The summed E-state index contributed by atoms with van der Waals surface area (Å²) in [6.07, 6.45) is 1.06. The number of aryl methyl sites for hydroxylation is 3. The zero-order valence-corrected chi connectivity index (χ0v) is 14.6. The van der Waals surface area contributed by atoms with Gasteiger partial charge in [-0.15, -0.1) is 0 Å². The standard InChI is InChI=1S/C19H29N3O/c1-16(15-23)13-21(14-19-8-5-4-6-9-19)10-7-11-22-18(3)12-17(2)20-22/h4-6,8-9,12,16,23H,7,10-11,13-15H2,1-3H3/t16-/m1/s1. The van der Waals surface area contributed by atoms with Crippen molar-refractivity contribution in [2.75, 3.05) is 19.7 Å². The van der Waals surface area contributed by atoms with Crippen molar-refractivity contribution < 1.29 is 5.11 Å². The zero-order valence-electron chi connectivity index (χ0n) is 14.6. The van der Waals surface area contributed by atoms with Gasteiger partial charge in [0.2, 0.25) is 0 Å². The fraction of sp³-hybridized carbons (Fsp3) is 0.526. The first-order valence-corrected chi connectivity index (χ1v) is 8.46. The van der Waals surface area contributed by atoms with Crippen molar-refractivity contribution in [1.29, 1.82) is 0 Å². The molecule has 0 aliphatic heterocycles. The molecule has 1 heterocycles. The molecule has 1 aromatic heterocycles. The molecule has 2 aromatic rings. The van der Waals surface area contributed by atoms with E-state index in [9.17, 15) is 5.11 Å². The van der Waals surface area contributed by atoms with Crippen molar-refractivity contribution in [2.24, 2.45) is 5.92 Å². The summed E-state index contributed by atoms with van der Waals surface area (Å²) in [6, 6.07) is 12.7. The van der Waals surface area contributed by atoms with Crippen molar-refractivity contribution >= 4 is 0 Å². The minimum absolute atomic E-state index is 0.239. The highest BCUT2D eigenvalue weighted by Crippen LogP contribution is 2.09. The van der Waals surface area contributed by atoms with Gasteiger partial charge in [0.15, 0.2) is 0 Å². The van der Waals surface area contributed by atoms with E-state index in [1.54, 1.807) is 0 Å². The Morgan fingerprint density at radius 1 is 1.22 bits per heavy atom. The Kier molecular flexibility index (Phi) is 6.81. The van der Waals surface area contributed by atoms with Crippen LogP contribution in [-0.2, 0) is 13.1 Å². The molecule has 23 heavy (non-hydrogen) atoms. The average Bonchev–Trinajstić information content (AvgIpc) is 2.86. The molecule has 0 unspecified atom stereocenters. The van der Waals surface area contributed by atoms with E-state index in [0.29, 0.717) is 5.92 Å². The second kappa shape index (κ2) is 8.85. The Balaban J connectivity index is 1.90. The van der Waals surface area contributed by atoms with Crippen LogP contribution in [-0.4, -0.2) is 39.5 Å². The maximum Gasteiger partial charge on any atom is 0.0596 e. The van der Waals surface area contributed by atoms with Crippen molar-refractivity contribution in [3.05, 3.63) is 53.3 Å². The third-order valence-electron chi connectivity index (χ3n) is 4.08. The number of hydrogen-bond acceptors (Lipinski definition) is 3. The normalized spacial score (nSPS) is 12.7. The van der Waals surface area contributed by atoms with Crippen molar-refractivity contribution in [3.63, 3.8) is 0 Å². The molecule has 2 rings (SSSR count). The average molecular weight is 315 g/mol. The number of nitrogens with zero attached hydrogens (tertiary/aromatic N) is 3. The van der Waals surface area contributed by atoms with Crippen molar-refractivity contribution in [2.45, 2.75) is 40.3 Å². The molecule has 1 atom stereocenters. The predicted molar refractivity (Wildman–Crippen MR) is 94.3 cm³/mol. The van der Waals surface area contributed by atoms with E-state index in [4.69, 9.17) is 0 Å². The minimum Gasteiger partial charge on any atom is -0.396 e. The predicted octanol–water partition coefficient (Wildman–Crippen LogP) is 3.02. The maximum absolute atomic E-state index is 9.35. The van der Waals surface area contributed by atoms with E-state index in [1.165, 1.54) is 11.3 Å². The molecule has 0 bridgehead atoms. The van der Waals surface area contributed by atoms with Gasteiger partial charge in [0.05, 0.1) is 5.69 Å². The van der Waals surface area contributed by atoms with Crippen LogP contribution >= 0.6 is 0 Å². The zero-order chi connectivity index (χ0) is 16.7. The van der Waals surface area contributed by atoms with Crippen LogP contribution in [0.1, 0.15) is 30.3 Å². The summed E-state index contributed by atoms with van der Waals surface area (Å²) >= 11 is 0. The Labute approximate surface area is 139 Å². The summed E-state index contributed by atoms with van der Waals surface area (Å²) in [7, 11) is 0. The number of aliphatic hydroxyl groups excluding tert-OH is 1. The summed E-state index contributed by atoms with van der Waals surface area (Å²) in [5.41, 5.74) is 3.63. The van der Waals surface area contributed by atoms with E-state index in [1.807, 2.05) is 13.0 Å². The molecule has 1 aromatic carbocycles. The third kappa shape index (κ3) is 5.81. The van der Waals surface area contributed by atoms with Gasteiger partial charge in [-0.2, -0.15) is 5.10 Å². The van der Waals surface area contributed by atoms with Gasteiger partial charge in [-0.1, -0.05) is 37.3 Å². The van der Waals surface area contributed by atoms with E-state index in [-0.39, 0.29) is 6.61 Å². The Bertz CT molecular complexity index is 580. The molecule has 4 heteroatoms. The lowest BCUT2D eigenvalue weighted by Gasteiger charge is -2.25. The maximum atomic E-state index is 9.35. The number of hydrogen-bond donors (Lipinski definition) is 1. The monoisotopic (exact) mass is 315 g/mol. The first kappa shape index (κ1) is 17.7. The summed E-state index contributed by atoms with van der Waals surface area (Å²) in [5.74, 6) is 0.299. The molecule has 0 saturated heterocycles. The van der Waals surface area contributed by atoms with Crippen LogP contribution in [0.15, 0.2) is 36.4 Å². The van der Waals surface area contributed by atoms with Gasteiger partial charge in [-0.3, -0.25) is 9.58 Å². The molecule has 0 fully saturated rings. The minimum atomic E-state index is 0.239. The summed E-state index contributed by atoms with van der Waals surface area (Å²) in [5, 5.41) is 13.9. The van der Waals surface area contributed by atoms with Crippen LogP contribution in [0, 0.1) is 19.8 Å². The Hall–Kier alpha value is -1.65. The molecular formula is C19H29N3O. The lowest BCUT2D eigenvalue weighted by molar-refractivity contribution is 0.165. The highest BCUT2D eigenvalue weighted by molar-refractivity contribution is 5.14. The van der Waals surface area contributed by atoms with Gasteiger partial charge in [0, 0.05) is 38.5 Å². The summed E-state index contributed by atoms with van der Waals surface area (Å²) in [4.78, 5) is 2.43. The molecule has 0 radical (unpaired) electrons. The van der Waals surface area contributed by atoms with Crippen molar-refractivity contribution in [3.8, 4) is 0 Å². The first-order chi connectivity index (χ1) is 11.1. The van der Waals surface area contributed by atoms with E-state index in [2.05, 4.69) is 58.9 Å². The highest BCUT2D eigenvalue weighted by Gasteiger charge is 2.11. The SMILES string of the molecule is Cc1cc(C)n(CCCN(Cc2ccccc2)C[C@@H](C)CO)n1. The van der Waals surface area contributed by atoms with Gasteiger partial charge in [0.25, 0.3) is 0 Å². The fourth-order valence-corrected chi connectivity index (χ4v) is 2.92. The van der Waals surface area contributed by atoms with Crippen LogP contribution < -0.4 is 0 Å². The van der Waals surface area contributed by atoms with E-state index in [0.717, 1.165) is 38.3 Å². The quantitative estimate of drug-likeness (QED) is 0.773. The van der Waals surface area contributed by atoms with Gasteiger partial charge >= 0.3 is 0 Å². The van der Waals surface area contributed by atoms with Crippen LogP contribution in [0.2, 0.25) is 0 Å². The van der Waals surface area contributed by atoms with Crippen LogP contribution in [0.5, 0.6) is 0 Å². The molecular weight excluding hydrogens is 286 g/mol. The largest absolute Gasteiger partial charge is 0.396 e. The lowest BCUT2D eigenvalue weighted by Crippen LogP contribution is -2.31. The Morgan fingerprint density at radius 2 is 1.96 bits per heavy atom. The van der Waals surface area contributed by atoms with Crippen molar-refractivity contribution in [1.82, 2.24) is 14.7 Å². The summed E-state index contributed by atoms with van der Waals surface area (Å²) < 4.78 is 2.09. The fourth-order valence-electron chi connectivity index (χ4n) is 2.92. The third-order valence-corrected chi connectivity index (χ3v) is 4.08. The second-order valence-electron chi connectivity index (χ2n) is 6.51. The molecule has 0 aliphatic rings. The smallest absolute Gasteiger partial charge is 0.0596 e. The van der Waals surface area contributed by atoms with Crippen LogP contribution in [0.4, 0.5) is 0 Å².